The lowest BCUT2D eigenvalue weighted by molar-refractivity contribution is 0.354. The van der Waals surface area contributed by atoms with Gasteiger partial charge in [-0.05, 0) is 24.1 Å². The Morgan fingerprint density at radius 1 is 1.16 bits per heavy atom. The van der Waals surface area contributed by atoms with E-state index in [1.54, 1.807) is 26.6 Å². The van der Waals surface area contributed by atoms with E-state index >= 15 is 0 Å². The normalized spacial score (nSPS) is 12.5. The first kappa shape index (κ1) is 11.8. The van der Waals surface area contributed by atoms with Gasteiger partial charge in [-0.3, -0.25) is 5.41 Å². The first-order valence-electron chi connectivity index (χ1n) is 6.09. The van der Waals surface area contributed by atoms with Gasteiger partial charge in [0.05, 0.1) is 26.2 Å². The van der Waals surface area contributed by atoms with E-state index < -0.39 is 0 Å². The highest BCUT2D eigenvalue weighted by molar-refractivity contribution is 5.69. The molecule has 1 aromatic carbocycles. The molecule has 0 amide bonds. The Hall–Kier alpha value is -2.30. The lowest BCUT2D eigenvalue weighted by atomic mass is 9.97. The molecule has 0 radical (unpaired) electrons. The Morgan fingerprint density at radius 2 is 1.89 bits per heavy atom. The van der Waals surface area contributed by atoms with Gasteiger partial charge >= 0.3 is 0 Å². The smallest absolute Gasteiger partial charge is 0.161 e. The molecule has 0 spiro atoms. The predicted octanol–water partition coefficient (Wildman–Crippen LogP) is 1.60. The number of methoxy groups -OCH3 is 2. The first-order chi connectivity index (χ1) is 9.22. The van der Waals surface area contributed by atoms with Crippen LogP contribution in [0.1, 0.15) is 5.56 Å². The van der Waals surface area contributed by atoms with Crippen molar-refractivity contribution in [3.05, 3.63) is 35.6 Å². The Balaban J connectivity index is 2.25. The van der Waals surface area contributed by atoms with Crippen LogP contribution in [0.4, 0.5) is 0 Å². The van der Waals surface area contributed by atoms with Gasteiger partial charge in [0.25, 0.3) is 0 Å². The number of benzene rings is 1. The molecule has 0 unspecified atom stereocenters. The predicted molar refractivity (Wildman–Crippen MR) is 70.3 cm³/mol. The third kappa shape index (κ3) is 1.87. The Labute approximate surface area is 111 Å². The molecule has 19 heavy (non-hydrogen) atoms. The Kier molecular flexibility index (Phi) is 2.74. The lowest BCUT2D eigenvalue weighted by Gasteiger charge is -2.23. The van der Waals surface area contributed by atoms with Crippen LogP contribution in [0.15, 0.2) is 24.5 Å². The van der Waals surface area contributed by atoms with Crippen LogP contribution in [0.25, 0.3) is 11.3 Å². The van der Waals surface area contributed by atoms with E-state index in [4.69, 9.17) is 14.9 Å². The minimum atomic E-state index is 0.272. The zero-order valence-electron chi connectivity index (χ0n) is 10.9. The lowest BCUT2D eigenvalue weighted by Crippen LogP contribution is -2.18. The summed E-state index contributed by atoms with van der Waals surface area (Å²) in [6.07, 6.45) is 2.64. The van der Waals surface area contributed by atoms with Crippen molar-refractivity contribution < 1.29 is 9.47 Å². The maximum Gasteiger partial charge on any atom is 0.161 e. The molecule has 1 aliphatic rings. The number of hydrogen-bond donors (Lipinski definition) is 1. The van der Waals surface area contributed by atoms with Crippen molar-refractivity contribution in [2.24, 2.45) is 0 Å². The van der Waals surface area contributed by atoms with Crippen LogP contribution in [-0.4, -0.2) is 23.8 Å². The second kappa shape index (κ2) is 4.42. The molecule has 1 aromatic heterocycles. The van der Waals surface area contributed by atoms with Crippen molar-refractivity contribution in [2.75, 3.05) is 14.2 Å². The monoisotopic (exact) mass is 257 g/mol. The molecule has 5 nitrogen and oxygen atoms in total. The molecule has 0 saturated carbocycles. The molecule has 1 aliphatic heterocycles. The van der Waals surface area contributed by atoms with Crippen molar-refractivity contribution in [3.63, 3.8) is 0 Å². The van der Waals surface area contributed by atoms with Gasteiger partial charge in [0.1, 0.15) is 5.49 Å². The Bertz CT molecular complexity index is 692. The van der Waals surface area contributed by atoms with Crippen LogP contribution in [0.5, 0.6) is 11.5 Å². The zero-order chi connectivity index (χ0) is 13.4. The number of fused-ring (bicyclic) bond motifs is 3. The summed E-state index contributed by atoms with van der Waals surface area (Å²) >= 11 is 0. The van der Waals surface area contributed by atoms with Crippen LogP contribution < -0.4 is 15.0 Å². The maximum atomic E-state index is 7.67. The van der Waals surface area contributed by atoms with Crippen molar-refractivity contribution >= 4 is 0 Å². The molecule has 0 atom stereocenters. The fraction of sp³-hybridized carbons (Fsp3) is 0.286. The van der Waals surface area contributed by atoms with E-state index in [-0.39, 0.29) is 5.49 Å². The van der Waals surface area contributed by atoms with Gasteiger partial charge in [0, 0.05) is 18.2 Å². The van der Waals surface area contributed by atoms with E-state index in [9.17, 15) is 0 Å². The molecule has 2 aromatic rings. The molecule has 98 valence electrons. The molecule has 0 aliphatic carbocycles. The first-order valence-corrected chi connectivity index (χ1v) is 6.09. The van der Waals surface area contributed by atoms with Crippen molar-refractivity contribution in [1.82, 2.24) is 9.55 Å². The highest BCUT2D eigenvalue weighted by atomic mass is 16.5. The summed E-state index contributed by atoms with van der Waals surface area (Å²) in [6.45, 7) is 0.866. The van der Waals surface area contributed by atoms with Gasteiger partial charge in [-0.15, -0.1) is 0 Å². The van der Waals surface area contributed by atoms with E-state index in [2.05, 4.69) is 9.55 Å². The molecule has 0 bridgehead atoms. The van der Waals surface area contributed by atoms with Crippen LogP contribution in [0.2, 0.25) is 0 Å². The van der Waals surface area contributed by atoms with Crippen LogP contribution in [-0.2, 0) is 13.0 Å². The number of nitrogens with one attached hydrogen (secondary N) is 1. The van der Waals surface area contributed by atoms with Gasteiger partial charge < -0.3 is 14.0 Å². The summed E-state index contributed by atoms with van der Waals surface area (Å²) in [5.41, 5.74) is 3.57. The van der Waals surface area contributed by atoms with Gasteiger partial charge in [-0.25, -0.2) is 4.98 Å². The summed E-state index contributed by atoms with van der Waals surface area (Å²) in [5.74, 6) is 1.45. The molecule has 2 heterocycles. The highest BCUT2D eigenvalue weighted by Gasteiger charge is 2.18. The third-order valence-electron chi connectivity index (χ3n) is 3.43. The van der Waals surface area contributed by atoms with Gasteiger partial charge in [-0.2, -0.15) is 0 Å². The SMILES string of the molecule is COc1cc2c(cc1OC)-c1cc(=N)ncn1CC2. The van der Waals surface area contributed by atoms with Crippen molar-refractivity contribution in [3.8, 4) is 22.8 Å². The summed E-state index contributed by atoms with van der Waals surface area (Å²) in [4.78, 5) is 4.02. The average molecular weight is 257 g/mol. The Morgan fingerprint density at radius 3 is 2.63 bits per heavy atom. The summed E-state index contributed by atoms with van der Waals surface area (Å²) in [5, 5.41) is 7.67. The van der Waals surface area contributed by atoms with Crippen molar-refractivity contribution in [1.29, 1.82) is 5.41 Å². The molecular weight excluding hydrogens is 242 g/mol. The second-order valence-electron chi connectivity index (χ2n) is 4.47. The summed E-state index contributed by atoms with van der Waals surface area (Å²) in [7, 11) is 3.27. The standard InChI is InChI=1S/C14H15N3O2/c1-18-12-5-9-3-4-17-8-16-14(15)7-11(17)10(9)6-13(12)19-2/h5-8,15H,3-4H2,1-2H3. The molecule has 0 saturated heterocycles. The average Bonchev–Trinajstić information content (AvgIpc) is 2.45. The topological polar surface area (TPSA) is 60.1 Å². The van der Waals surface area contributed by atoms with E-state index in [1.165, 1.54) is 5.56 Å². The largest absolute Gasteiger partial charge is 0.493 e. The van der Waals surface area contributed by atoms with Crippen molar-refractivity contribution in [2.45, 2.75) is 13.0 Å². The number of nitrogens with zero attached hydrogens (tertiary/aromatic N) is 2. The van der Waals surface area contributed by atoms with E-state index in [0.717, 1.165) is 30.0 Å². The molecule has 1 N–H and O–H groups in total. The second-order valence-corrected chi connectivity index (χ2v) is 4.47. The fourth-order valence-electron chi connectivity index (χ4n) is 2.46. The number of ether oxygens (including phenoxy) is 2. The minimum Gasteiger partial charge on any atom is -0.493 e. The van der Waals surface area contributed by atoms with E-state index in [1.807, 2.05) is 12.1 Å². The number of aromatic nitrogens is 2. The molecule has 5 heteroatoms. The number of hydrogen-bond acceptors (Lipinski definition) is 4. The van der Waals surface area contributed by atoms with Crippen LogP contribution in [0.3, 0.4) is 0 Å². The van der Waals surface area contributed by atoms with Gasteiger partial charge in [0.2, 0.25) is 0 Å². The summed E-state index contributed by atoms with van der Waals surface area (Å²) in [6, 6.07) is 5.77. The third-order valence-corrected chi connectivity index (χ3v) is 3.43. The van der Waals surface area contributed by atoms with Gasteiger partial charge in [-0.1, -0.05) is 0 Å². The summed E-state index contributed by atoms with van der Waals surface area (Å²) < 4.78 is 12.7. The van der Waals surface area contributed by atoms with Gasteiger partial charge in [0.15, 0.2) is 11.5 Å². The molecule has 3 rings (SSSR count). The minimum absolute atomic E-state index is 0.272. The van der Waals surface area contributed by atoms with E-state index in [0.29, 0.717) is 5.75 Å². The number of rotatable bonds is 2. The maximum absolute atomic E-state index is 7.67. The van der Waals surface area contributed by atoms with Crippen LogP contribution >= 0.6 is 0 Å². The zero-order valence-corrected chi connectivity index (χ0v) is 10.9. The van der Waals surface area contributed by atoms with Crippen LogP contribution in [0, 0.1) is 5.41 Å². The molecule has 0 fully saturated rings. The molecular formula is C14H15N3O2. The number of aryl methyl sites for hydroxylation is 2. The highest BCUT2D eigenvalue weighted by Crippen LogP contribution is 2.37. The quantitative estimate of drug-likeness (QED) is 0.889. The fourth-order valence-corrected chi connectivity index (χ4v) is 2.46.